The number of hydrogen-bond donors (Lipinski definition) is 1. The van der Waals surface area contributed by atoms with Gasteiger partial charge in [0.25, 0.3) is 5.91 Å². The molecule has 2 unspecified atom stereocenters. The summed E-state index contributed by atoms with van der Waals surface area (Å²) in [5.41, 5.74) is 5.47. The van der Waals surface area contributed by atoms with Crippen LogP contribution in [-0.2, 0) is 16.1 Å². The summed E-state index contributed by atoms with van der Waals surface area (Å²) in [5, 5.41) is 14.2. The summed E-state index contributed by atoms with van der Waals surface area (Å²) in [6, 6.07) is 10.3. The molecular formula is C25H34N6O2S. The number of morpholine rings is 1. The number of aromatic nitrogens is 3. The molecule has 182 valence electrons. The van der Waals surface area contributed by atoms with Crippen LogP contribution in [0, 0.1) is 16.7 Å². The fourth-order valence-electron chi connectivity index (χ4n) is 5.68. The number of anilines is 1. The third kappa shape index (κ3) is 4.24. The number of hydrazone groups is 1. The highest BCUT2D eigenvalue weighted by atomic mass is 32.2. The van der Waals surface area contributed by atoms with Gasteiger partial charge in [0.15, 0.2) is 5.16 Å². The van der Waals surface area contributed by atoms with Crippen LogP contribution >= 0.6 is 11.8 Å². The minimum Gasteiger partial charge on any atom is -0.378 e. The van der Waals surface area contributed by atoms with Crippen molar-refractivity contribution in [1.82, 2.24) is 20.2 Å². The maximum Gasteiger partial charge on any atom is 0.250 e. The SMILES string of the molecule is CC12CCC(C/C1=N/NC(=O)CSc1nnc(N3CCOCC3)n1Cc1ccccc1)C2(C)C. The Morgan fingerprint density at radius 1 is 1.21 bits per heavy atom. The van der Waals surface area contributed by atoms with Crippen LogP contribution < -0.4 is 10.3 Å². The van der Waals surface area contributed by atoms with Crippen molar-refractivity contribution in [3.05, 3.63) is 35.9 Å². The number of carbonyl (C=O) groups is 1. The van der Waals surface area contributed by atoms with Gasteiger partial charge in [-0.1, -0.05) is 62.9 Å². The third-order valence-corrected chi connectivity index (χ3v) is 9.30. The van der Waals surface area contributed by atoms with E-state index in [4.69, 9.17) is 4.74 Å². The van der Waals surface area contributed by atoms with Gasteiger partial charge in [0.2, 0.25) is 5.95 Å². The van der Waals surface area contributed by atoms with Gasteiger partial charge in [-0.25, -0.2) is 5.43 Å². The highest BCUT2D eigenvalue weighted by Crippen LogP contribution is 2.63. The molecule has 0 radical (unpaired) electrons. The van der Waals surface area contributed by atoms with Crippen LogP contribution in [-0.4, -0.2) is 58.4 Å². The number of carbonyl (C=O) groups excluding carboxylic acids is 1. The molecule has 3 aliphatic rings. The van der Waals surface area contributed by atoms with Crippen molar-refractivity contribution in [1.29, 1.82) is 0 Å². The van der Waals surface area contributed by atoms with Gasteiger partial charge in [-0.3, -0.25) is 9.36 Å². The highest BCUT2D eigenvalue weighted by Gasteiger charge is 2.60. The van der Waals surface area contributed by atoms with E-state index >= 15 is 0 Å². The van der Waals surface area contributed by atoms with E-state index in [1.807, 2.05) is 18.2 Å². The smallest absolute Gasteiger partial charge is 0.250 e. The molecule has 2 saturated carbocycles. The second kappa shape index (κ2) is 9.34. The maximum absolute atomic E-state index is 12.7. The molecule has 34 heavy (non-hydrogen) atoms. The van der Waals surface area contributed by atoms with Gasteiger partial charge in [-0.05, 0) is 36.2 Å². The topological polar surface area (TPSA) is 84.6 Å². The third-order valence-electron chi connectivity index (χ3n) is 8.33. The zero-order chi connectivity index (χ0) is 23.8. The number of fused-ring (bicyclic) bond motifs is 2. The fraction of sp³-hybridized carbons (Fsp3) is 0.600. The first-order valence-electron chi connectivity index (χ1n) is 12.2. The second-order valence-electron chi connectivity index (χ2n) is 10.3. The second-order valence-corrected chi connectivity index (χ2v) is 11.3. The van der Waals surface area contributed by atoms with Crippen LogP contribution in [0.25, 0.3) is 0 Å². The lowest BCUT2D eigenvalue weighted by molar-refractivity contribution is -0.118. The van der Waals surface area contributed by atoms with Crippen LogP contribution in [0.2, 0.25) is 0 Å². The highest BCUT2D eigenvalue weighted by molar-refractivity contribution is 7.99. The molecule has 2 heterocycles. The Bertz CT molecular complexity index is 1060. The lowest BCUT2D eigenvalue weighted by atomic mass is 9.70. The van der Waals surface area contributed by atoms with Crippen LogP contribution in [0.3, 0.4) is 0 Å². The molecule has 1 N–H and O–H groups in total. The number of hydrogen-bond acceptors (Lipinski definition) is 7. The number of ether oxygens (including phenoxy) is 1. The minimum atomic E-state index is -0.108. The average Bonchev–Trinajstić information content (AvgIpc) is 3.41. The van der Waals surface area contributed by atoms with E-state index in [1.54, 1.807) is 0 Å². The Morgan fingerprint density at radius 3 is 2.65 bits per heavy atom. The quantitative estimate of drug-likeness (QED) is 0.480. The van der Waals surface area contributed by atoms with Crippen molar-refractivity contribution >= 4 is 29.3 Å². The molecule has 0 spiro atoms. The Labute approximate surface area is 205 Å². The molecule has 9 heteroatoms. The molecule has 3 fully saturated rings. The van der Waals surface area contributed by atoms with Crippen LogP contribution in [0.1, 0.15) is 45.6 Å². The zero-order valence-electron chi connectivity index (χ0n) is 20.3. The summed E-state index contributed by atoms with van der Waals surface area (Å²) < 4.78 is 7.60. The number of nitrogens with one attached hydrogen (secondary N) is 1. The average molecular weight is 483 g/mol. The first kappa shape index (κ1) is 23.4. The number of benzene rings is 1. The van der Waals surface area contributed by atoms with Crippen LogP contribution in [0.15, 0.2) is 40.6 Å². The number of thioether (sulfide) groups is 1. The van der Waals surface area contributed by atoms with Crippen molar-refractivity contribution in [2.45, 2.75) is 51.7 Å². The summed E-state index contributed by atoms with van der Waals surface area (Å²) in [6.45, 7) is 10.6. The Balaban J connectivity index is 1.27. The fourth-order valence-corrected chi connectivity index (χ4v) is 6.40. The van der Waals surface area contributed by atoms with Gasteiger partial charge in [0.1, 0.15) is 0 Å². The Hall–Kier alpha value is -2.39. The first-order valence-corrected chi connectivity index (χ1v) is 13.2. The van der Waals surface area contributed by atoms with Crippen molar-refractivity contribution in [3.63, 3.8) is 0 Å². The minimum absolute atomic E-state index is 0.0843. The van der Waals surface area contributed by atoms with E-state index in [1.165, 1.54) is 23.7 Å². The standard InChI is InChI=1S/C25H34N6O2S/c1-24(2)19-9-10-25(24,3)20(15-19)26-27-21(32)17-34-23-29-28-22(30-11-13-33-14-12-30)31(23)16-18-7-5-4-6-8-18/h4-8,19H,9-17H2,1-3H3,(H,27,32)/b26-20-. The van der Waals surface area contributed by atoms with Crippen molar-refractivity contribution < 1.29 is 9.53 Å². The summed E-state index contributed by atoms with van der Waals surface area (Å²) in [5.74, 6) is 1.63. The summed E-state index contributed by atoms with van der Waals surface area (Å²) >= 11 is 1.41. The molecule has 8 nitrogen and oxygen atoms in total. The monoisotopic (exact) mass is 482 g/mol. The lowest BCUT2D eigenvalue weighted by Gasteiger charge is -2.34. The molecule has 1 amide bonds. The van der Waals surface area contributed by atoms with Gasteiger partial charge < -0.3 is 9.64 Å². The van der Waals surface area contributed by atoms with Crippen molar-refractivity contribution in [2.75, 3.05) is 37.0 Å². The zero-order valence-corrected chi connectivity index (χ0v) is 21.1. The first-order chi connectivity index (χ1) is 16.4. The van der Waals surface area contributed by atoms with Gasteiger partial charge in [0, 0.05) is 24.2 Å². The molecule has 5 rings (SSSR count). The van der Waals surface area contributed by atoms with Gasteiger partial charge in [-0.2, -0.15) is 5.10 Å². The van der Waals surface area contributed by atoms with E-state index in [9.17, 15) is 4.79 Å². The van der Waals surface area contributed by atoms with Gasteiger partial charge in [0.05, 0.1) is 25.5 Å². The Morgan fingerprint density at radius 2 is 1.97 bits per heavy atom. The molecule has 2 bridgehead atoms. The molecule has 1 aromatic heterocycles. The lowest BCUT2D eigenvalue weighted by Crippen LogP contribution is -2.38. The predicted molar refractivity (Wildman–Crippen MR) is 134 cm³/mol. The van der Waals surface area contributed by atoms with E-state index in [-0.39, 0.29) is 22.5 Å². The largest absolute Gasteiger partial charge is 0.378 e. The molecule has 1 aromatic carbocycles. The summed E-state index contributed by atoms with van der Waals surface area (Å²) in [6.07, 6.45) is 3.40. The number of nitrogens with zero attached hydrogens (tertiary/aromatic N) is 5. The van der Waals surface area contributed by atoms with E-state index in [2.05, 4.69) is 63.1 Å². The van der Waals surface area contributed by atoms with E-state index in [0.29, 0.717) is 25.7 Å². The summed E-state index contributed by atoms with van der Waals surface area (Å²) in [7, 11) is 0. The number of amides is 1. The van der Waals surface area contributed by atoms with Crippen LogP contribution in [0.5, 0.6) is 0 Å². The van der Waals surface area contributed by atoms with Crippen molar-refractivity contribution in [2.24, 2.45) is 21.8 Å². The normalized spacial score (nSPS) is 26.9. The molecule has 2 aromatic rings. The molecule has 2 aliphatic carbocycles. The van der Waals surface area contributed by atoms with Gasteiger partial charge in [-0.15, -0.1) is 10.2 Å². The summed E-state index contributed by atoms with van der Waals surface area (Å²) in [4.78, 5) is 14.9. The molecule has 1 aliphatic heterocycles. The van der Waals surface area contributed by atoms with Gasteiger partial charge >= 0.3 is 0 Å². The maximum atomic E-state index is 12.7. The predicted octanol–water partition coefficient (Wildman–Crippen LogP) is 3.57. The molecule has 1 saturated heterocycles. The van der Waals surface area contributed by atoms with E-state index in [0.717, 1.165) is 42.7 Å². The molecule has 2 atom stereocenters. The number of rotatable bonds is 7. The van der Waals surface area contributed by atoms with Crippen LogP contribution in [0.4, 0.5) is 5.95 Å². The Kier molecular flexibility index (Phi) is 6.41. The van der Waals surface area contributed by atoms with Crippen molar-refractivity contribution in [3.8, 4) is 0 Å². The van der Waals surface area contributed by atoms with E-state index < -0.39 is 0 Å². The molecular weight excluding hydrogens is 448 g/mol.